The highest BCUT2D eigenvalue weighted by atomic mass is 16.5. The molecule has 8 nitrogen and oxygen atoms in total. The standard InChI is InChI=1S/C21H20N2O6/c1-28-20(26)14-7-9-17(10-8-14)23-12-15(11-19(23)25)21(27)29-13-18(24)22-16-5-3-2-4-6-16/h2-10,15H,11-13H2,1H3,(H,22,24)/t15-/m0/s1. The van der Waals surface area contributed by atoms with Gasteiger partial charge in [0, 0.05) is 24.3 Å². The molecule has 29 heavy (non-hydrogen) atoms. The van der Waals surface area contributed by atoms with Gasteiger partial charge in [0.2, 0.25) is 5.91 Å². The van der Waals surface area contributed by atoms with E-state index in [1.54, 1.807) is 48.5 Å². The van der Waals surface area contributed by atoms with Crippen LogP contribution in [0.25, 0.3) is 0 Å². The molecule has 1 atom stereocenters. The van der Waals surface area contributed by atoms with Crippen LogP contribution >= 0.6 is 0 Å². The summed E-state index contributed by atoms with van der Waals surface area (Å²) in [5.74, 6) is -2.42. The first kappa shape index (κ1) is 20.1. The minimum Gasteiger partial charge on any atom is -0.465 e. The Morgan fingerprint density at radius 3 is 2.41 bits per heavy atom. The van der Waals surface area contributed by atoms with Gasteiger partial charge in [-0.25, -0.2) is 4.79 Å². The van der Waals surface area contributed by atoms with Crippen LogP contribution in [0.15, 0.2) is 54.6 Å². The molecule has 1 aliphatic heterocycles. The lowest BCUT2D eigenvalue weighted by molar-refractivity contribution is -0.151. The summed E-state index contributed by atoms with van der Waals surface area (Å²) in [5, 5.41) is 2.62. The first-order chi connectivity index (χ1) is 14.0. The van der Waals surface area contributed by atoms with E-state index in [9.17, 15) is 19.2 Å². The second-order valence-electron chi connectivity index (χ2n) is 6.47. The van der Waals surface area contributed by atoms with E-state index < -0.39 is 30.4 Å². The van der Waals surface area contributed by atoms with Crippen molar-refractivity contribution in [1.29, 1.82) is 0 Å². The van der Waals surface area contributed by atoms with Crippen LogP contribution in [0.1, 0.15) is 16.8 Å². The van der Waals surface area contributed by atoms with Gasteiger partial charge in [-0.05, 0) is 36.4 Å². The van der Waals surface area contributed by atoms with Crippen molar-refractivity contribution in [2.75, 3.05) is 30.5 Å². The number of carbonyl (C=O) groups is 4. The van der Waals surface area contributed by atoms with Crippen molar-refractivity contribution in [3.8, 4) is 0 Å². The minimum absolute atomic E-state index is 0.00209. The zero-order chi connectivity index (χ0) is 20.8. The van der Waals surface area contributed by atoms with Crippen molar-refractivity contribution in [3.05, 3.63) is 60.2 Å². The number of amides is 2. The van der Waals surface area contributed by atoms with E-state index >= 15 is 0 Å². The van der Waals surface area contributed by atoms with Crippen LogP contribution in [0.4, 0.5) is 11.4 Å². The summed E-state index contributed by atoms with van der Waals surface area (Å²) in [4.78, 5) is 49.4. The normalized spacial score (nSPS) is 15.7. The molecule has 8 heteroatoms. The molecule has 1 fully saturated rings. The van der Waals surface area contributed by atoms with Crippen molar-refractivity contribution < 1.29 is 28.7 Å². The fourth-order valence-corrected chi connectivity index (χ4v) is 2.98. The molecule has 0 aromatic heterocycles. The molecule has 1 heterocycles. The summed E-state index contributed by atoms with van der Waals surface area (Å²) < 4.78 is 9.71. The van der Waals surface area contributed by atoms with Crippen LogP contribution in [-0.2, 0) is 23.9 Å². The molecule has 1 aliphatic rings. The third kappa shape index (κ3) is 4.98. The van der Waals surface area contributed by atoms with Crippen LogP contribution in [0.5, 0.6) is 0 Å². The van der Waals surface area contributed by atoms with Crippen LogP contribution < -0.4 is 10.2 Å². The SMILES string of the molecule is COC(=O)c1ccc(N2C[C@@H](C(=O)OCC(=O)Nc3ccccc3)CC2=O)cc1. The molecule has 2 aromatic rings. The number of hydrogen-bond donors (Lipinski definition) is 1. The lowest BCUT2D eigenvalue weighted by atomic mass is 10.1. The number of methoxy groups -OCH3 is 1. The van der Waals surface area contributed by atoms with Gasteiger partial charge in [-0.2, -0.15) is 0 Å². The predicted molar refractivity (Wildman–Crippen MR) is 104 cm³/mol. The van der Waals surface area contributed by atoms with Crippen molar-refractivity contribution in [1.82, 2.24) is 0 Å². The van der Waals surface area contributed by atoms with E-state index in [1.807, 2.05) is 6.07 Å². The van der Waals surface area contributed by atoms with Crippen LogP contribution in [0.3, 0.4) is 0 Å². The Labute approximate surface area is 167 Å². The Hall–Kier alpha value is -3.68. The van der Waals surface area contributed by atoms with Crippen molar-refractivity contribution in [2.45, 2.75) is 6.42 Å². The highest BCUT2D eigenvalue weighted by Crippen LogP contribution is 2.26. The monoisotopic (exact) mass is 396 g/mol. The van der Waals surface area contributed by atoms with Gasteiger partial charge in [0.25, 0.3) is 5.91 Å². The molecular weight excluding hydrogens is 376 g/mol. The summed E-state index contributed by atoms with van der Waals surface area (Å²) >= 11 is 0. The zero-order valence-electron chi connectivity index (χ0n) is 15.8. The van der Waals surface area contributed by atoms with Crippen molar-refractivity contribution >= 4 is 35.1 Å². The Morgan fingerprint density at radius 1 is 1.07 bits per heavy atom. The molecule has 1 N–H and O–H groups in total. The summed E-state index contributed by atoms with van der Waals surface area (Å²) in [5.41, 5.74) is 1.54. The number of hydrogen-bond acceptors (Lipinski definition) is 6. The number of para-hydroxylation sites is 1. The molecule has 0 saturated carbocycles. The Kier molecular flexibility index (Phi) is 6.23. The minimum atomic E-state index is -0.660. The molecule has 0 bridgehead atoms. The number of benzene rings is 2. The molecule has 1 saturated heterocycles. The first-order valence-electron chi connectivity index (χ1n) is 8.98. The second kappa shape index (κ2) is 9.01. The number of carbonyl (C=O) groups excluding carboxylic acids is 4. The molecule has 0 spiro atoms. The maximum Gasteiger partial charge on any atom is 0.337 e. The summed E-state index contributed by atoms with van der Waals surface area (Å²) in [7, 11) is 1.29. The lowest BCUT2D eigenvalue weighted by Gasteiger charge is -2.16. The zero-order valence-corrected chi connectivity index (χ0v) is 15.8. The van der Waals surface area contributed by atoms with Gasteiger partial charge in [0.15, 0.2) is 6.61 Å². The van der Waals surface area contributed by atoms with Gasteiger partial charge >= 0.3 is 11.9 Å². The van der Waals surface area contributed by atoms with Gasteiger partial charge in [0.05, 0.1) is 18.6 Å². The maximum atomic E-state index is 12.3. The smallest absolute Gasteiger partial charge is 0.337 e. The largest absolute Gasteiger partial charge is 0.465 e. The third-order valence-electron chi connectivity index (χ3n) is 4.46. The molecule has 2 aromatic carbocycles. The van der Waals surface area contributed by atoms with Crippen LogP contribution in [-0.4, -0.2) is 44.0 Å². The molecule has 0 radical (unpaired) electrons. The van der Waals surface area contributed by atoms with Gasteiger partial charge in [0.1, 0.15) is 0 Å². The Balaban J connectivity index is 1.53. The summed E-state index contributed by atoms with van der Waals surface area (Å²) in [6.45, 7) is -0.276. The molecular formula is C21H20N2O6. The van der Waals surface area contributed by atoms with Crippen LogP contribution in [0.2, 0.25) is 0 Å². The molecule has 2 amide bonds. The number of nitrogens with zero attached hydrogens (tertiary/aromatic N) is 1. The van der Waals surface area contributed by atoms with Crippen LogP contribution in [0, 0.1) is 5.92 Å². The number of rotatable bonds is 6. The number of anilines is 2. The van der Waals surface area contributed by atoms with Crippen molar-refractivity contribution in [3.63, 3.8) is 0 Å². The second-order valence-corrected chi connectivity index (χ2v) is 6.47. The van der Waals surface area contributed by atoms with E-state index in [4.69, 9.17) is 4.74 Å². The van der Waals surface area contributed by atoms with E-state index in [0.717, 1.165) is 0 Å². The highest BCUT2D eigenvalue weighted by Gasteiger charge is 2.36. The number of esters is 2. The highest BCUT2D eigenvalue weighted by molar-refractivity contribution is 6.00. The number of nitrogens with one attached hydrogen (secondary N) is 1. The van der Waals surface area contributed by atoms with Crippen molar-refractivity contribution in [2.24, 2.45) is 5.92 Å². The molecule has 150 valence electrons. The van der Waals surface area contributed by atoms with Gasteiger partial charge in [-0.1, -0.05) is 18.2 Å². The Bertz CT molecular complexity index is 911. The quantitative estimate of drug-likeness (QED) is 0.750. The number of ether oxygens (including phenoxy) is 2. The summed E-state index contributed by atoms with van der Waals surface area (Å²) in [6.07, 6.45) is -0.00209. The van der Waals surface area contributed by atoms with E-state index in [0.29, 0.717) is 16.9 Å². The van der Waals surface area contributed by atoms with Gasteiger partial charge < -0.3 is 19.7 Å². The molecule has 0 unspecified atom stereocenters. The fourth-order valence-electron chi connectivity index (χ4n) is 2.98. The van der Waals surface area contributed by atoms with E-state index in [2.05, 4.69) is 10.1 Å². The van der Waals surface area contributed by atoms with Gasteiger partial charge in [-0.15, -0.1) is 0 Å². The third-order valence-corrected chi connectivity index (χ3v) is 4.46. The average Bonchev–Trinajstić information content (AvgIpc) is 3.14. The molecule has 3 rings (SSSR count). The first-order valence-corrected chi connectivity index (χ1v) is 8.98. The Morgan fingerprint density at radius 2 is 1.76 bits per heavy atom. The average molecular weight is 396 g/mol. The predicted octanol–water partition coefficient (Wildman–Crippen LogP) is 2.01. The maximum absolute atomic E-state index is 12.3. The topological polar surface area (TPSA) is 102 Å². The summed E-state index contributed by atoms with van der Waals surface area (Å²) in [6, 6.07) is 15.1. The molecule has 0 aliphatic carbocycles. The van der Waals surface area contributed by atoms with E-state index in [-0.39, 0.29) is 18.9 Å². The van der Waals surface area contributed by atoms with E-state index in [1.165, 1.54) is 12.0 Å². The fraction of sp³-hybridized carbons (Fsp3) is 0.238. The van der Waals surface area contributed by atoms with Gasteiger partial charge in [-0.3, -0.25) is 14.4 Å². The lowest BCUT2D eigenvalue weighted by Crippen LogP contribution is -2.28.